The first-order valence-electron chi connectivity index (χ1n) is 7.91. The van der Waals surface area contributed by atoms with Gasteiger partial charge in [0.05, 0.1) is 18.3 Å². The number of aromatic nitrogens is 1. The Balaban J connectivity index is 1.89. The predicted octanol–water partition coefficient (Wildman–Crippen LogP) is 5.91. The van der Waals surface area contributed by atoms with E-state index in [-0.39, 0.29) is 0 Å². The SMILES string of the molecule is COc1ccc2ccccc2c1C=Nc1ccc(Br)c2cccnc12. The van der Waals surface area contributed by atoms with Gasteiger partial charge >= 0.3 is 0 Å². The van der Waals surface area contributed by atoms with Crippen LogP contribution in [-0.2, 0) is 0 Å². The Bertz CT molecular complexity index is 1110. The summed E-state index contributed by atoms with van der Waals surface area (Å²) in [6.07, 6.45) is 3.64. The number of nitrogens with zero attached hydrogens (tertiary/aromatic N) is 2. The van der Waals surface area contributed by atoms with Crippen molar-refractivity contribution in [3.8, 4) is 5.75 Å². The van der Waals surface area contributed by atoms with Crippen LogP contribution in [0.25, 0.3) is 21.7 Å². The van der Waals surface area contributed by atoms with E-state index in [4.69, 9.17) is 9.73 Å². The molecular formula is C21H15BrN2O. The minimum Gasteiger partial charge on any atom is -0.496 e. The molecule has 3 aromatic carbocycles. The summed E-state index contributed by atoms with van der Waals surface area (Å²) in [5, 5.41) is 3.31. The Hall–Kier alpha value is -2.72. The molecule has 0 fully saturated rings. The Labute approximate surface area is 154 Å². The third-order valence-electron chi connectivity index (χ3n) is 4.18. The fraction of sp³-hybridized carbons (Fsp3) is 0.0476. The molecule has 1 aromatic heterocycles. The van der Waals surface area contributed by atoms with Crippen LogP contribution in [0.5, 0.6) is 5.75 Å². The van der Waals surface area contributed by atoms with E-state index < -0.39 is 0 Å². The molecule has 1 heterocycles. The molecule has 0 aliphatic rings. The van der Waals surface area contributed by atoms with E-state index in [9.17, 15) is 0 Å². The third kappa shape index (κ3) is 2.89. The lowest BCUT2D eigenvalue weighted by Crippen LogP contribution is -1.92. The number of pyridine rings is 1. The van der Waals surface area contributed by atoms with Gasteiger partial charge in [-0.3, -0.25) is 9.98 Å². The van der Waals surface area contributed by atoms with Gasteiger partial charge in [-0.15, -0.1) is 0 Å². The van der Waals surface area contributed by atoms with Crippen molar-refractivity contribution in [2.45, 2.75) is 0 Å². The number of aliphatic imine (C=N–C) groups is 1. The fourth-order valence-electron chi connectivity index (χ4n) is 2.95. The van der Waals surface area contributed by atoms with Crippen molar-refractivity contribution >= 4 is 49.5 Å². The van der Waals surface area contributed by atoms with Crippen molar-refractivity contribution in [2.75, 3.05) is 7.11 Å². The maximum atomic E-state index is 5.53. The second-order valence-electron chi connectivity index (χ2n) is 5.63. The van der Waals surface area contributed by atoms with Gasteiger partial charge in [-0.25, -0.2) is 0 Å². The van der Waals surface area contributed by atoms with Crippen molar-refractivity contribution in [3.63, 3.8) is 0 Å². The standard InChI is InChI=1S/C21H15BrN2O/c1-25-20-11-8-14-5-2-3-6-15(14)17(20)13-24-19-10-9-18(22)16-7-4-12-23-21(16)19/h2-13H,1H3. The summed E-state index contributed by atoms with van der Waals surface area (Å²) in [5.74, 6) is 0.803. The molecule has 0 atom stereocenters. The third-order valence-corrected chi connectivity index (χ3v) is 4.87. The van der Waals surface area contributed by atoms with Crippen molar-refractivity contribution in [1.29, 1.82) is 0 Å². The maximum absolute atomic E-state index is 5.53. The molecule has 0 saturated heterocycles. The highest BCUT2D eigenvalue weighted by molar-refractivity contribution is 9.10. The molecule has 4 heteroatoms. The molecule has 0 bridgehead atoms. The zero-order valence-electron chi connectivity index (χ0n) is 13.6. The van der Waals surface area contributed by atoms with E-state index in [1.54, 1.807) is 13.3 Å². The summed E-state index contributed by atoms with van der Waals surface area (Å²) >= 11 is 3.57. The lowest BCUT2D eigenvalue weighted by molar-refractivity contribution is 0.415. The number of halogens is 1. The summed E-state index contributed by atoms with van der Waals surface area (Å²) in [7, 11) is 1.68. The van der Waals surface area contributed by atoms with Crippen molar-refractivity contribution < 1.29 is 4.74 Å². The molecule has 0 aliphatic carbocycles. The molecule has 3 nitrogen and oxygen atoms in total. The van der Waals surface area contributed by atoms with Crippen LogP contribution in [-0.4, -0.2) is 18.3 Å². The Morgan fingerprint density at radius 3 is 2.68 bits per heavy atom. The molecule has 25 heavy (non-hydrogen) atoms. The van der Waals surface area contributed by atoms with Gasteiger partial charge in [-0.2, -0.15) is 0 Å². The first-order valence-corrected chi connectivity index (χ1v) is 8.70. The topological polar surface area (TPSA) is 34.5 Å². The minimum absolute atomic E-state index is 0.803. The molecule has 0 aliphatic heterocycles. The predicted molar refractivity (Wildman–Crippen MR) is 107 cm³/mol. The van der Waals surface area contributed by atoms with E-state index in [2.05, 4.69) is 39.1 Å². The van der Waals surface area contributed by atoms with Crippen molar-refractivity contribution in [2.24, 2.45) is 4.99 Å². The first kappa shape index (κ1) is 15.8. The van der Waals surface area contributed by atoms with Crippen molar-refractivity contribution in [3.05, 3.63) is 76.9 Å². The van der Waals surface area contributed by atoms with E-state index in [0.29, 0.717) is 0 Å². The number of methoxy groups -OCH3 is 1. The average Bonchev–Trinajstić information content (AvgIpc) is 2.67. The highest BCUT2D eigenvalue weighted by Crippen LogP contribution is 2.31. The highest BCUT2D eigenvalue weighted by Gasteiger charge is 2.08. The maximum Gasteiger partial charge on any atom is 0.128 e. The number of benzene rings is 3. The Morgan fingerprint density at radius 1 is 0.960 bits per heavy atom. The summed E-state index contributed by atoms with van der Waals surface area (Å²) in [6, 6.07) is 20.2. The van der Waals surface area contributed by atoms with Crippen LogP contribution in [0, 0.1) is 0 Å². The van der Waals surface area contributed by atoms with E-state index in [1.165, 1.54) is 0 Å². The van der Waals surface area contributed by atoms with Gasteiger partial charge in [0.15, 0.2) is 0 Å². The van der Waals surface area contributed by atoms with Gasteiger partial charge in [-0.1, -0.05) is 52.3 Å². The largest absolute Gasteiger partial charge is 0.496 e. The van der Waals surface area contributed by atoms with Gasteiger partial charge in [0.25, 0.3) is 0 Å². The molecule has 4 aromatic rings. The summed E-state index contributed by atoms with van der Waals surface area (Å²) < 4.78 is 6.55. The zero-order chi connectivity index (χ0) is 17.2. The van der Waals surface area contributed by atoms with Crippen LogP contribution >= 0.6 is 15.9 Å². The molecule has 122 valence electrons. The zero-order valence-corrected chi connectivity index (χ0v) is 15.2. The minimum atomic E-state index is 0.803. The van der Waals surface area contributed by atoms with Gasteiger partial charge in [0.2, 0.25) is 0 Å². The molecule has 0 saturated carbocycles. The molecule has 4 rings (SSSR count). The Kier molecular flexibility index (Phi) is 4.20. The highest BCUT2D eigenvalue weighted by atomic mass is 79.9. The van der Waals surface area contributed by atoms with Crippen molar-refractivity contribution in [1.82, 2.24) is 4.98 Å². The summed E-state index contributed by atoms with van der Waals surface area (Å²) in [6.45, 7) is 0. The van der Waals surface area contributed by atoms with E-state index >= 15 is 0 Å². The Morgan fingerprint density at radius 2 is 1.80 bits per heavy atom. The monoisotopic (exact) mass is 390 g/mol. The van der Waals surface area contributed by atoms with E-state index in [0.717, 1.165) is 43.1 Å². The molecule has 0 unspecified atom stereocenters. The number of hydrogen-bond donors (Lipinski definition) is 0. The van der Waals surface area contributed by atoms with Gasteiger partial charge in [0.1, 0.15) is 5.75 Å². The second-order valence-corrected chi connectivity index (χ2v) is 6.48. The smallest absolute Gasteiger partial charge is 0.128 e. The second kappa shape index (κ2) is 6.65. The van der Waals surface area contributed by atoms with Gasteiger partial charge < -0.3 is 4.74 Å². The summed E-state index contributed by atoms with van der Waals surface area (Å²) in [5.41, 5.74) is 2.66. The number of hydrogen-bond acceptors (Lipinski definition) is 3. The molecule has 0 spiro atoms. The fourth-order valence-corrected chi connectivity index (χ4v) is 3.40. The normalized spacial score (nSPS) is 11.4. The van der Waals surface area contributed by atoms with E-state index in [1.807, 2.05) is 48.7 Å². The van der Waals surface area contributed by atoms with Crippen LogP contribution in [0.4, 0.5) is 5.69 Å². The van der Waals surface area contributed by atoms with Crippen LogP contribution in [0.3, 0.4) is 0 Å². The lowest BCUT2D eigenvalue weighted by Gasteiger charge is -2.09. The van der Waals surface area contributed by atoms with Gasteiger partial charge in [0, 0.05) is 27.8 Å². The number of fused-ring (bicyclic) bond motifs is 2. The molecule has 0 amide bonds. The van der Waals surface area contributed by atoms with Crippen LogP contribution in [0.15, 0.2) is 76.3 Å². The summed E-state index contributed by atoms with van der Waals surface area (Å²) in [4.78, 5) is 9.20. The van der Waals surface area contributed by atoms with Crippen LogP contribution in [0.2, 0.25) is 0 Å². The van der Waals surface area contributed by atoms with Crippen LogP contribution in [0.1, 0.15) is 5.56 Å². The van der Waals surface area contributed by atoms with Crippen LogP contribution < -0.4 is 4.74 Å². The number of ether oxygens (including phenoxy) is 1. The quantitative estimate of drug-likeness (QED) is 0.407. The molecular weight excluding hydrogens is 376 g/mol. The number of rotatable bonds is 3. The molecule has 0 radical (unpaired) electrons. The lowest BCUT2D eigenvalue weighted by atomic mass is 10.0. The average molecular weight is 391 g/mol. The molecule has 0 N–H and O–H groups in total. The first-order chi connectivity index (χ1) is 12.3. The van der Waals surface area contributed by atoms with Gasteiger partial charge in [-0.05, 0) is 35.0 Å².